The molecule has 0 aliphatic heterocycles. The number of rotatable bonds is 8. The van der Waals surface area contributed by atoms with Gasteiger partial charge in [0, 0.05) is 0 Å². The number of hydrogen-bond donors (Lipinski definition) is 1. The van der Waals surface area contributed by atoms with Crippen LogP contribution < -0.4 is 19.6 Å². The largest absolute Gasteiger partial charge is 0.493 e. The number of ether oxygens (including phenoxy) is 3. The number of carbonyl (C=O) groups excluding carboxylic acids is 1. The fraction of sp³-hybridized carbons (Fsp3) is 0.300. The number of benzene rings is 2. The summed E-state index contributed by atoms with van der Waals surface area (Å²) in [5, 5.41) is 4.32. The molecule has 0 bridgehead atoms. The van der Waals surface area contributed by atoms with Gasteiger partial charge in [0.15, 0.2) is 18.1 Å². The fourth-order valence-electron chi connectivity index (χ4n) is 2.26. The van der Waals surface area contributed by atoms with Crippen LogP contribution in [0.4, 0.5) is 0 Å². The molecule has 0 aliphatic rings. The fourth-order valence-corrected chi connectivity index (χ4v) is 2.54. The lowest BCUT2D eigenvalue weighted by Gasteiger charge is -2.11. The van der Waals surface area contributed by atoms with Crippen LogP contribution in [0.5, 0.6) is 17.2 Å². The molecule has 144 valence electrons. The maximum Gasteiger partial charge on any atom is 0.277 e. The van der Waals surface area contributed by atoms with Crippen molar-refractivity contribution in [2.75, 3.05) is 20.3 Å². The minimum atomic E-state index is -0.367. The molecule has 2 aromatic carbocycles. The summed E-state index contributed by atoms with van der Waals surface area (Å²) in [4.78, 5) is 11.9. The molecule has 0 radical (unpaired) electrons. The minimum Gasteiger partial charge on any atom is -0.493 e. The molecule has 0 aliphatic carbocycles. The van der Waals surface area contributed by atoms with E-state index >= 15 is 0 Å². The lowest BCUT2D eigenvalue weighted by molar-refractivity contribution is -0.123. The van der Waals surface area contributed by atoms with E-state index in [1.165, 1.54) is 18.9 Å². The Balaban J connectivity index is 1.93. The smallest absolute Gasteiger partial charge is 0.277 e. The molecule has 0 spiro atoms. The lowest BCUT2D eigenvalue weighted by atomic mass is 10.1. The highest BCUT2D eigenvalue weighted by molar-refractivity contribution is 6.32. The third-order valence-corrected chi connectivity index (χ3v) is 4.07. The van der Waals surface area contributed by atoms with E-state index in [-0.39, 0.29) is 12.5 Å². The predicted molar refractivity (Wildman–Crippen MR) is 106 cm³/mol. The van der Waals surface area contributed by atoms with Gasteiger partial charge < -0.3 is 14.2 Å². The van der Waals surface area contributed by atoms with Crippen molar-refractivity contribution in [2.45, 2.75) is 20.8 Å². The first kappa shape index (κ1) is 20.6. The van der Waals surface area contributed by atoms with Gasteiger partial charge in [-0.3, -0.25) is 4.79 Å². The lowest BCUT2D eigenvalue weighted by Crippen LogP contribution is -2.24. The van der Waals surface area contributed by atoms with Gasteiger partial charge in [-0.25, -0.2) is 5.43 Å². The second-order valence-electron chi connectivity index (χ2n) is 5.80. The average Bonchev–Trinajstić information content (AvgIpc) is 2.64. The quantitative estimate of drug-likeness (QED) is 0.548. The maximum atomic E-state index is 11.9. The molecule has 0 fully saturated rings. The number of hydrazone groups is 1. The van der Waals surface area contributed by atoms with Crippen LogP contribution in [0, 0.1) is 13.8 Å². The SMILES string of the molecule is CCOc1c(Cl)cc(/C=N\NC(=O)COc2ccc(C)c(C)c2)cc1OC. The zero-order valence-corrected chi connectivity index (χ0v) is 16.6. The van der Waals surface area contributed by atoms with Crippen molar-refractivity contribution in [3.8, 4) is 17.2 Å². The van der Waals surface area contributed by atoms with Crippen molar-refractivity contribution in [3.63, 3.8) is 0 Å². The van der Waals surface area contributed by atoms with Crippen LogP contribution >= 0.6 is 11.6 Å². The van der Waals surface area contributed by atoms with E-state index in [1.807, 2.05) is 39.0 Å². The van der Waals surface area contributed by atoms with E-state index in [2.05, 4.69) is 10.5 Å². The number of nitrogens with zero attached hydrogens (tertiary/aromatic N) is 1. The first-order valence-corrected chi connectivity index (χ1v) is 8.84. The summed E-state index contributed by atoms with van der Waals surface area (Å²) < 4.78 is 16.2. The molecule has 0 aromatic heterocycles. The Bertz CT molecular complexity index is 837. The summed E-state index contributed by atoms with van der Waals surface area (Å²) in [6, 6.07) is 9.06. The molecule has 6 nitrogen and oxygen atoms in total. The highest BCUT2D eigenvalue weighted by Gasteiger charge is 2.11. The van der Waals surface area contributed by atoms with Gasteiger partial charge in [-0.05, 0) is 61.7 Å². The molecule has 0 saturated heterocycles. The first-order chi connectivity index (χ1) is 12.9. The normalized spacial score (nSPS) is 10.7. The van der Waals surface area contributed by atoms with Gasteiger partial charge >= 0.3 is 0 Å². The number of amides is 1. The van der Waals surface area contributed by atoms with Crippen LogP contribution in [0.15, 0.2) is 35.4 Å². The van der Waals surface area contributed by atoms with Crippen LogP contribution in [0.3, 0.4) is 0 Å². The van der Waals surface area contributed by atoms with Gasteiger partial charge in [-0.2, -0.15) is 5.10 Å². The van der Waals surface area contributed by atoms with E-state index in [9.17, 15) is 4.79 Å². The second kappa shape index (κ2) is 9.83. The molecule has 0 saturated carbocycles. The van der Waals surface area contributed by atoms with Crippen molar-refractivity contribution in [2.24, 2.45) is 5.10 Å². The monoisotopic (exact) mass is 390 g/mol. The van der Waals surface area contributed by atoms with Crippen molar-refractivity contribution < 1.29 is 19.0 Å². The molecular formula is C20H23ClN2O4. The van der Waals surface area contributed by atoms with Crippen LogP contribution in [-0.4, -0.2) is 32.4 Å². The Hall–Kier alpha value is -2.73. The van der Waals surface area contributed by atoms with Crippen molar-refractivity contribution >= 4 is 23.7 Å². The topological polar surface area (TPSA) is 69.2 Å². The standard InChI is InChI=1S/C20H23ClN2O4/c1-5-26-20-17(21)9-15(10-18(20)25-4)11-22-23-19(24)12-27-16-7-6-13(2)14(3)8-16/h6-11H,5,12H2,1-4H3,(H,23,24)/b22-11-. The Kier molecular flexibility index (Phi) is 7.49. The molecule has 0 unspecified atom stereocenters. The molecule has 1 N–H and O–H groups in total. The van der Waals surface area contributed by atoms with Gasteiger partial charge in [0.1, 0.15) is 5.75 Å². The highest BCUT2D eigenvalue weighted by atomic mass is 35.5. The number of halogens is 1. The van der Waals surface area contributed by atoms with Gasteiger partial charge in [-0.15, -0.1) is 0 Å². The third-order valence-electron chi connectivity index (χ3n) is 3.79. The number of aryl methyl sites for hydroxylation is 2. The first-order valence-electron chi connectivity index (χ1n) is 8.46. The van der Waals surface area contributed by atoms with Crippen LogP contribution in [0.25, 0.3) is 0 Å². The van der Waals surface area contributed by atoms with Gasteiger partial charge in [0.2, 0.25) is 0 Å². The van der Waals surface area contributed by atoms with E-state index in [4.69, 9.17) is 25.8 Å². The van der Waals surface area contributed by atoms with Crippen LogP contribution in [-0.2, 0) is 4.79 Å². The molecule has 1 amide bonds. The van der Waals surface area contributed by atoms with Crippen molar-refractivity contribution in [1.82, 2.24) is 5.43 Å². The third kappa shape index (κ3) is 5.89. The molecule has 2 rings (SSSR count). The summed E-state index contributed by atoms with van der Waals surface area (Å²) in [5.74, 6) is 1.24. The Morgan fingerprint density at radius 3 is 2.63 bits per heavy atom. The summed E-state index contributed by atoms with van der Waals surface area (Å²) in [6.07, 6.45) is 1.47. The molecule has 7 heteroatoms. The van der Waals surface area contributed by atoms with Gasteiger partial charge in [0.25, 0.3) is 5.91 Å². The zero-order valence-electron chi connectivity index (χ0n) is 15.8. The second-order valence-corrected chi connectivity index (χ2v) is 6.20. The summed E-state index contributed by atoms with van der Waals surface area (Å²) in [6.45, 7) is 6.21. The van der Waals surface area contributed by atoms with Gasteiger partial charge in [-0.1, -0.05) is 17.7 Å². The highest BCUT2D eigenvalue weighted by Crippen LogP contribution is 2.35. The molecular weight excluding hydrogens is 368 g/mol. The van der Waals surface area contributed by atoms with Crippen molar-refractivity contribution in [1.29, 1.82) is 0 Å². The van der Waals surface area contributed by atoms with Crippen molar-refractivity contribution in [3.05, 3.63) is 52.0 Å². The summed E-state index contributed by atoms with van der Waals surface area (Å²) in [5.41, 5.74) is 5.35. The van der Waals surface area contributed by atoms with E-state index < -0.39 is 0 Å². The predicted octanol–water partition coefficient (Wildman–Crippen LogP) is 3.89. The number of methoxy groups -OCH3 is 1. The van der Waals surface area contributed by atoms with Gasteiger partial charge in [0.05, 0.1) is 25.0 Å². The Labute approximate surface area is 164 Å². The number of carbonyl (C=O) groups is 1. The number of hydrogen-bond acceptors (Lipinski definition) is 5. The molecule has 0 atom stereocenters. The summed E-state index contributed by atoms with van der Waals surface area (Å²) in [7, 11) is 1.53. The average molecular weight is 391 g/mol. The maximum absolute atomic E-state index is 11.9. The molecule has 2 aromatic rings. The molecule has 27 heavy (non-hydrogen) atoms. The van der Waals surface area contributed by atoms with E-state index in [0.717, 1.165) is 5.56 Å². The zero-order chi connectivity index (χ0) is 19.8. The number of nitrogens with one attached hydrogen (secondary N) is 1. The Morgan fingerprint density at radius 1 is 1.19 bits per heavy atom. The van der Waals surface area contributed by atoms with E-state index in [0.29, 0.717) is 34.4 Å². The van der Waals surface area contributed by atoms with Crippen LogP contribution in [0.1, 0.15) is 23.6 Å². The van der Waals surface area contributed by atoms with E-state index in [1.54, 1.807) is 12.1 Å². The molecule has 0 heterocycles. The van der Waals surface area contributed by atoms with Crippen LogP contribution in [0.2, 0.25) is 5.02 Å². The Morgan fingerprint density at radius 2 is 1.96 bits per heavy atom. The minimum absolute atomic E-state index is 0.132. The summed E-state index contributed by atoms with van der Waals surface area (Å²) >= 11 is 6.20.